The van der Waals surface area contributed by atoms with Gasteiger partial charge in [0.15, 0.2) is 0 Å². The van der Waals surface area contributed by atoms with Crippen LogP contribution in [0.2, 0.25) is 0 Å². The van der Waals surface area contributed by atoms with Crippen LogP contribution in [-0.2, 0) is 0 Å². The lowest BCUT2D eigenvalue weighted by Crippen LogP contribution is -2.06. The first kappa shape index (κ1) is 12.6. The van der Waals surface area contributed by atoms with Gasteiger partial charge in [-0.3, -0.25) is 0 Å². The molecule has 0 bridgehead atoms. The summed E-state index contributed by atoms with van der Waals surface area (Å²) < 4.78 is 5.11. The van der Waals surface area contributed by atoms with Crippen molar-refractivity contribution in [3.05, 3.63) is 30.5 Å². The van der Waals surface area contributed by atoms with Gasteiger partial charge in [0, 0.05) is 24.1 Å². The molecule has 0 aliphatic rings. The van der Waals surface area contributed by atoms with Crippen molar-refractivity contribution >= 4 is 5.82 Å². The molecule has 0 fully saturated rings. The predicted octanol–water partition coefficient (Wildman–Crippen LogP) is 3.68. The Morgan fingerprint density at radius 2 is 2.17 bits per heavy atom. The van der Waals surface area contributed by atoms with Crippen LogP contribution >= 0.6 is 0 Å². The van der Waals surface area contributed by atoms with Gasteiger partial charge in [0.25, 0.3) is 0 Å². The maximum atomic E-state index is 5.11. The Morgan fingerprint density at radius 3 is 2.78 bits per heavy atom. The molecule has 2 heterocycles. The number of aromatic nitrogens is 2. The Kier molecular flexibility index (Phi) is 3.97. The lowest BCUT2D eigenvalue weighted by Gasteiger charge is -2.10. The summed E-state index contributed by atoms with van der Waals surface area (Å²) in [6.45, 7) is 7.24. The zero-order valence-corrected chi connectivity index (χ0v) is 11.1. The first-order valence-electron chi connectivity index (χ1n) is 6.36. The van der Waals surface area contributed by atoms with E-state index in [1.54, 1.807) is 12.5 Å². The summed E-state index contributed by atoms with van der Waals surface area (Å²) in [5.41, 5.74) is 1.89. The molecule has 18 heavy (non-hydrogen) atoms. The van der Waals surface area contributed by atoms with Crippen LogP contribution in [0.15, 0.2) is 29.1 Å². The number of nitrogens with zero attached hydrogens (tertiary/aromatic N) is 2. The fourth-order valence-corrected chi connectivity index (χ4v) is 1.63. The fourth-order valence-electron chi connectivity index (χ4n) is 1.63. The van der Waals surface area contributed by atoms with Crippen LogP contribution in [0.5, 0.6) is 0 Å². The van der Waals surface area contributed by atoms with E-state index in [0.29, 0.717) is 5.92 Å². The van der Waals surface area contributed by atoms with E-state index in [0.717, 1.165) is 35.9 Å². The molecule has 2 aromatic rings. The molecule has 2 rings (SSSR count). The Bertz CT molecular complexity index is 492. The van der Waals surface area contributed by atoms with E-state index in [1.807, 2.05) is 12.1 Å². The van der Waals surface area contributed by atoms with Crippen molar-refractivity contribution in [3.8, 4) is 11.3 Å². The highest BCUT2D eigenvalue weighted by Gasteiger charge is 2.10. The van der Waals surface area contributed by atoms with Gasteiger partial charge < -0.3 is 9.73 Å². The van der Waals surface area contributed by atoms with Gasteiger partial charge in [0.2, 0.25) is 0 Å². The average Bonchev–Trinajstić information content (AvgIpc) is 2.89. The largest absolute Gasteiger partial charge is 0.472 e. The van der Waals surface area contributed by atoms with Gasteiger partial charge in [-0.15, -0.1) is 0 Å². The molecule has 0 saturated carbocycles. The molecular weight excluding hydrogens is 226 g/mol. The smallest absolute Gasteiger partial charge is 0.133 e. The highest BCUT2D eigenvalue weighted by atomic mass is 16.3. The first-order valence-corrected chi connectivity index (χ1v) is 6.36. The van der Waals surface area contributed by atoms with E-state index in [1.165, 1.54) is 0 Å². The van der Waals surface area contributed by atoms with E-state index in [-0.39, 0.29) is 0 Å². The van der Waals surface area contributed by atoms with Gasteiger partial charge in [0.05, 0.1) is 18.2 Å². The molecule has 1 N–H and O–H groups in total. The number of nitrogens with one attached hydrogen (secondary N) is 1. The van der Waals surface area contributed by atoms with Gasteiger partial charge in [-0.25, -0.2) is 9.97 Å². The van der Waals surface area contributed by atoms with Crippen molar-refractivity contribution in [3.63, 3.8) is 0 Å². The average molecular weight is 245 g/mol. The summed E-state index contributed by atoms with van der Waals surface area (Å²) in [5.74, 6) is 2.04. The minimum atomic E-state index is 0.305. The molecule has 96 valence electrons. The Hall–Kier alpha value is -1.84. The molecule has 0 amide bonds. The molecule has 0 aliphatic carbocycles. The quantitative estimate of drug-likeness (QED) is 0.873. The predicted molar refractivity (Wildman–Crippen MR) is 72.6 cm³/mol. The second-order valence-electron chi connectivity index (χ2n) is 4.59. The monoisotopic (exact) mass is 245 g/mol. The lowest BCUT2D eigenvalue weighted by atomic mass is 10.2. The molecular formula is C14H19N3O. The summed E-state index contributed by atoms with van der Waals surface area (Å²) in [5, 5.41) is 3.31. The van der Waals surface area contributed by atoms with Crippen molar-refractivity contribution in [2.45, 2.75) is 33.1 Å². The number of anilines is 1. The number of furan rings is 1. The number of rotatable bonds is 5. The molecule has 0 saturated heterocycles. The van der Waals surface area contributed by atoms with E-state index >= 15 is 0 Å². The zero-order valence-electron chi connectivity index (χ0n) is 11.1. The van der Waals surface area contributed by atoms with Crippen LogP contribution in [0.4, 0.5) is 5.82 Å². The molecule has 0 unspecified atom stereocenters. The normalized spacial score (nSPS) is 10.9. The topological polar surface area (TPSA) is 51.0 Å². The third-order valence-electron chi connectivity index (χ3n) is 2.63. The van der Waals surface area contributed by atoms with Crippen molar-refractivity contribution in [1.82, 2.24) is 9.97 Å². The highest BCUT2D eigenvalue weighted by molar-refractivity contribution is 5.61. The van der Waals surface area contributed by atoms with Crippen molar-refractivity contribution in [2.75, 3.05) is 11.9 Å². The molecule has 2 aromatic heterocycles. The summed E-state index contributed by atoms with van der Waals surface area (Å²) in [7, 11) is 0. The SMILES string of the molecule is CCCNc1cc(-c2ccoc2)nc(C(C)C)n1. The maximum Gasteiger partial charge on any atom is 0.133 e. The van der Waals surface area contributed by atoms with Crippen LogP contribution in [0.3, 0.4) is 0 Å². The third kappa shape index (κ3) is 2.88. The Morgan fingerprint density at radius 1 is 1.33 bits per heavy atom. The summed E-state index contributed by atoms with van der Waals surface area (Å²) >= 11 is 0. The van der Waals surface area contributed by atoms with Crippen LogP contribution in [0.1, 0.15) is 38.9 Å². The van der Waals surface area contributed by atoms with Crippen LogP contribution in [0, 0.1) is 0 Å². The highest BCUT2D eigenvalue weighted by Crippen LogP contribution is 2.22. The second kappa shape index (κ2) is 5.67. The van der Waals surface area contributed by atoms with Gasteiger partial charge in [-0.05, 0) is 12.5 Å². The minimum Gasteiger partial charge on any atom is -0.472 e. The van der Waals surface area contributed by atoms with Crippen molar-refractivity contribution in [1.29, 1.82) is 0 Å². The molecule has 0 aliphatic heterocycles. The van der Waals surface area contributed by atoms with Crippen LogP contribution in [-0.4, -0.2) is 16.5 Å². The van der Waals surface area contributed by atoms with Crippen LogP contribution in [0.25, 0.3) is 11.3 Å². The summed E-state index contributed by atoms with van der Waals surface area (Å²) in [6, 6.07) is 3.88. The van der Waals surface area contributed by atoms with Crippen molar-refractivity contribution in [2.24, 2.45) is 0 Å². The van der Waals surface area contributed by atoms with Gasteiger partial charge in [-0.2, -0.15) is 0 Å². The molecule has 4 nitrogen and oxygen atoms in total. The van der Waals surface area contributed by atoms with Gasteiger partial charge in [0.1, 0.15) is 11.6 Å². The van der Waals surface area contributed by atoms with E-state index in [9.17, 15) is 0 Å². The standard InChI is InChI=1S/C14H19N3O/c1-4-6-15-13-8-12(11-5-7-18-9-11)16-14(17-13)10(2)3/h5,7-10H,4,6H2,1-3H3,(H,15,16,17). The minimum absolute atomic E-state index is 0.305. The molecule has 4 heteroatoms. The van der Waals surface area contributed by atoms with Crippen molar-refractivity contribution < 1.29 is 4.42 Å². The van der Waals surface area contributed by atoms with Gasteiger partial charge >= 0.3 is 0 Å². The molecule has 0 spiro atoms. The summed E-state index contributed by atoms with van der Waals surface area (Å²) in [4.78, 5) is 9.10. The lowest BCUT2D eigenvalue weighted by molar-refractivity contribution is 0.568. The Labute approximate surface area is 107 Å². The number of hydrogen-bond acceptors (Lipinski definition) is 4. The first-order chi connectivity index (χ1) is 8.70. The Balaban J connectivity index is 2.36. The summed E-state index contributed by atoms with van der Waals surface area (Å²) in [6.07, 6.45) is 4.43. The third-order valence-corrected chi connectivity index (χ3v) is 2.63. The maximum absolute atomic E-state index is 5.11. The number of hydrogen-bond donors (Lipinski definition) is 1. The zero-order chi connectivity index (χ0) is 13.0. The molecule has 0 radical (unpaired) electrons. The fraction of sp³-hybridized carbons (Fsp3) is 0.429. The van der Waals surface area contributed by atoms with Crippen LogP contribution < -0.4 is 5.32 Å². The second-order valence-corrected chi connectivity index (χ2v) is 4.59. The molecule has 0 aromatic carbocycles. The molecule has 0 atom stereocenters. The van der Waals surface area contributed by atoms with E-state index in [4.69, 9.17) is 4.42 Å². The van der Waals surface area contributed by atoms with Gasteiger partial charge in [-0.1, -0.05) is 20.8 Å². The van der Waals surface area contributed by atoms with E-state index in [2.05, 4.69) is 36.1 Å². The van der Waals surface area contributed by atoms with E-state index < -0.39 is 0 Å².